The summed E-state index contributed by atoms with van der Waals surface area (Å²) in [6.45, 7) is 4.34. The van der Waals surface area contributed by atoms with Gasteiger partial charge in [0.1, 0.15) is 5.82 Å². The summed E-state index contributed by atoms with van der Waals surface area (Å²) in [4.78, 5) is 7.50. The first-order chi connectivity index (χ1) is 8.70. The van der Waals surface area contributed by atoms with Crippen LogP contribution in [0.5, 0.6) is 0 Å². The van der Waals surface area contributed by atoms with Gasteiger partial charge in [-0.1, -0.05) is 35.0 Å². The van der Waals surface area contributed by atoms with E-state index in [1.807, 2.05) is 6.20 Å². The Bertz CT molecular complexity index is 464. The number of nitrogens with one attached hydrogen (secondary N) is 2. The van der Waals surface area contributed by atoms with Crippen LogP contribution in [-0.4, -0.2) is 9.97 Å². The van der Waals surface area contributed by atoms with Crippen molar-refractivity contribution in [3.63, 3.8) is 0 Å². The van der Waals surface area contributed by atoms with Crippen molar-refractivity contribution in [1.82, 2.24) is 15.3 Å². The second-order valence-electron chi connectivity index (χ2n) is 4.38. The Morgan fingerprint density at radius 2 is 2.06 bits per heavy atom. The molecule has 96 valence electrons. The Balaban J connectivity index is 2.05. The lowest BCUT2D eigenvalue weighted by atomic mass is 10.1. The normalized spacial score (nSPS) is 14.4. The standard InChI is InChI=1S/C14H18BrN3/c1-3-13(14-16-8-9-17-14)18-10(2)11-4-6-12(15)7-5-11/h4-10,13,18H,3H2,1-2H3,(H,16,17). The van der Waals surface area contributed by atoms with E-state index in [-0.39, 0.29) is 6.04 Å². The van der Waals surface area contributed by atoms with Crippen molar-refractivity contribution in [1.29, 1.82) is 0 Å². The molecule has 1 aromatic heterocycles. The second-order valence-corrected chi connectivity index (χ2v) is 5.29. The lowest BCUT2D eigenvalue weighted by Crippen LogP contribution is -2.25. The first-order valence-electron chi connectivity index (χ1n) is 6.21. The van der Waals surface area contributed by atoms with Crippen LogP contribution in [0.15, 0.2) is 41.1 Å². The first kappa shape index (κ1) is 13.3. The van der Waals surface area contributed by atoms with Crippen LogP contribution < -0.4 is 5.32 Å². The van der Waals surface area contributed by atoms with Crippen molar-refractivity contribution in [2.45, 2.75) is 32.4 Å². The number of nitrogens with zero attached hydrogens (tertiary/aromatic N) is 1. The van der Waals surface area contributed by atoms with Crippen molar-refractivity contribution in [2.75, 3.05) is 0 Å². The molecule has 2 atom stereocenters. The van der Waals surface area contributed by atoms with Gasteiger partial charge in [0.15, 0.2) is 0 Å². The van der Waals surface area contributed by atoms with Crippen LogP contribution in [0.2, 0.25) is 0 Å². The van der Waals surface area contributed by atoms with Crippen LogP contribution in [0, 0.1) is 0 Å². The molecular weight excluding hydrogens is 290 g/mol. The molecule has 0 bridgehead atoms. The number of rotatable bonds is 5. The molecule has 2 aromatic rings. The number of hydrogen-bond acceptors (Lipinski definition) is 2. The number of aromatic nitrogens is 2. The van der Waals surface area contributed by atoms with Gasteiger partial charge in [-0.05, 0) is 31.0 Å². The predicted molar refractivity (Wildman–Crippen MR) is 77.3 cm³/mol. The van der Waals surface area contributed by atoms with E-state index in [1.165, 1.54) is 5.56 Å². The highest BCUT2D eigenvalue weighted by molar-refractivity contribution is 9.10. The zero-order chi connectivity index (χ0) is 13.0. The van der Waals surface area contributed by atoms with Crippen molar-refractivity contribution in [2.24, 2.45) is 0 Å². The SMILES string of the molecule is CCC(NC(C)c1ccc(Br)cc1)c1ncc[nH]1. The van der Waals surface area contributed by atoms with Crippen LogP contribution in [0.3, 0.4) is 0 Å². The minimum atomic E-state index is 0.263. The number of hydrogen-bond donors (Lipinski definition) is 2. The summed E-state index contributed by atoms with van der Waals surface area (Å²) in [5.74, 6) is 1.00. The molecule has 1 heterocycles. The Labute approximate surface area is 116 Å². The molecule has 0 saturated carbocycles. The molecule has 0 radical (unpaired) electrons. The summed E-state index contributed by atoms with van der Waals surface area (Å²) >= 11 is 3.46. The molecule has 0 aliphatic carbocycles. The van der Waals surface area contributed by atoms with Gasteiger partial charge in [0.2, 0.25) is 0 Å². The van der Waals surface area contributed by atoms with Gasteiger partial charge in [0, 0.05) is 22.9 Å². The quantitative estimate of drug-likeness (QED) is 0.877. The molecule has 0 aliphatic rings. The van der Waals surface area contributed by atoms with Crippen molar-refractivity contribution < 1.29 is 0 Å². The van der Waals surface area contributed by atoms with E-state index in [4.69, 9.17) is 0 Å². The zero-order valence-electron chi connectivity index (χ0n) is 10.7. The number of benzene rings is 1. The smallest absolute Gasteiger partial charge is 0.123 e. The molecule has 0 aliphatic heterocycles. The number of imidazole rings is 1. The minimum absolute atomic E-state index is 0.263. The Morgan fingerprint density at radius 1 is 1.33 bits per heavy atom. The van der Waals surface area contributed by atoms with Gasteiger partial charge < -0.3 is 10.3 Å². The van der Waals surface area contributed by atoms with E-state index in [0.29, 0.717) is 6.04 Å². The molecule has 2 N–H and O–H groups in total. The van der Waals surface area contributed by atoms with E-state index in [0.717, 1.165) is 16.7 Å². The number of H-pyrrole nitrogens is 1. The molecule has 0 amide bonds. The third-order valence-corrected chi connectivity index (χ3v) is 3.61. The molecular formula is C14H18BrN3. The molecule has 0 fully saturated rings. The summed E-state index contributed by atoms with van der Waals surface area (Å²) in [6, 6.07) is 8.97. The molecule has 2 unspecified atom stereocenters. The Morgan fingerprint density at radius 3 is 2.61 bits per heavy atom. The van der Waals surface area contributed by atoms with Crippen LogP contribution in [-0.2, 0) is 0 Å². The van der Waals surface area contributed by atoms with E-state index in [1.54, 1.807) is 6.20 Å². The summed E-state index contributed by atoms with van der Waals surface area (Å²) < 4.78 is 1.11. The summed E-state index contributed by atoms with van der Waals surface area (Å²) in [6.07, 6.45) is 4.67. The molecule has 18 heavy (non-hydrogen) atoms. The molecule has 1 aromatic carbocycles. The average molecular weight is 308 g/mol. The lowest BCUT2D eigenvalue weighted by Gasteiger charge is -2.21. The van der Waals surface area contributed by atoms with Gasteiger partial charge in [-0.15, -0.1) is 0 Å². The molecule has 3 nitrogen and oxygen atoms in total. The van der Waals surface area contributed by atoms with Crippen LogP contribution in [0.25, 0.3) is 0 Å². The third-order valence-electron chi connectivity index (χ3n) is 3.08. The van der Waals surface area contributed by atoms with E-state index >= 15 is 0 Å². The topological polar surface area (TPSA) is 40.7 Å². The van der Waals surface area contributed by atoms with Crippen LogP contribution in [0.1, 0.15) is 43.7 Å². The molecule has 4 heteroatoms. The van der Waals surface area contributed by atoms with Gasteiger partial charge in [-0.25, -0.2) is 4.98 Å². The maximum atomic E-state index is 4.32. The van der Waals surface area contributed by atoms with E-state index in [2.05, 4.69) is 69.3 Å². The summed E-state index contributed by atoms with van der Waals surface area (Å²) in [5.41, 5.74) is 1.28. The maximum Gasteiger partial charge on any atom is 0.123 e. The van der Waals surface area contributed by atoms with Gasteiger partial charge in [-0.3, -0.25) is 0 Å². The van der Waals surface area contributed by atoms with Crippen LogP contribution >= 0.6 is 15.9 Å². The van der Waals surface area contributed by atoms with Gasteiger partial charge in [0.25, 0.3) is 0 Å². The predicted octanol–water partition coefficient (Wildman–Crippen LogP) is 3.97. The van der Waals surface area contributed by atoms with E-state index < -0.39 is 0 Å². The Kier molecular flexibility index (Phi) is 4.55. The molecule has 0 spiro atoms. The summed E-state index contributed by atoms with van der Waals surface area (Å²) in [5, 5.41) is 3.60. The first-order valence-corrected chi connectivity index (χ1v) is 7.00. The highest BCUT2D eigenvalue weighted by atomic mass is 79.9. The summed E-state index contributed by atoms with van der Waals surface area (Å²) in [7, 11) is 0. The van der Waals surface area contributed by atoms with Crippen molar-refractivity contribution in [3.05, 3.63) is 52.5 Å². The Hall–Kier alpha value is -1.13. The van der Waals surface area contributed by atoms with Crippen molar-refractivity contribution in [3.8, 4) is 0 Å². The third kappa shape index (κ3) is 3.21. The minimum Gasteiger partial charge on any atom is -0.347 e. The van der Waals surface area contributed by atoms with Gasteiger partial charge >= 0.3 is 0 Å². The number of aromatic amines is 1. The zero-order valence-corrected chi connectivity index (χ0v) is 12.2. The average Bonchev–Trinajstić information content (AvgIpc) is 2.90. The fourth-order valence-electron chi connectivity index (χ4n) is 2.01. The molecule has 0 saturated heterocycles. The maximum absolute atomic E-state index is 4.32. The second kappa shape index (κ2) is 6.16. The molecule has 2 rings (SSSR count). The largest absolute Gasteiger partial charge is 0.347 e. The highest BCUT2D eigenvalue weighted by Crippen LogP contribution is 2.21. The fraction of sp³-hybridized carbons (Fsp3) is 0.357. The van der Waals surface area contributed by atoms with Gasteiger partial charge in [0.05, 0.1) is 6.04 Å². The van der Waals surface area contributed by atoms with Gasteiger partial charge in [-0.2, -0.15) is 0 Å². The number of halogens is 1. The van der Waals surface area contributed by atoms with Crippen molar-refractivity contribution >= 4 is 15.9 Å². The monoisotopic (exact) mass is 307 g/mol. The highest BCUT2D eigenvalue weighted by Gasteiger charge is 2.15. The lowest BCUT2D eigenvalue weighted by molar-refractivity contribution is 0.441. The van der Waals surface area contributed by atoms with Crippen LogP contribution in [0.4, 0.5) is 0 Å². The van der Waals surface area contributed by atoms with E-state index in [9.17, 15) is 0 Å². The fourth-order valence-corrected chi connectivity index (χ4v) is 2.27.